The summed E-state index contributed by atoms with van der Waals surface area (Å²) in [6.07, 6.45) is 1.02. The molecule has 2 amide bonds. The average molecular weight is 538 g/mol. The third-order valence-electron chi connectivity index (χ3n) is 5.40. The van der Waals surface area contributed by atoms with Gasteiger partial charge in [0.25, 0.3) is 0 Å². The third kappa shape index (κ3) is 7.27. The molecule has 3 rings (SSSR count). The van der Waals surface area contributed by atoms with Gasteiger partial charge >= 0.3 is 0 Å². The first-order valence-corrected chi connectivity index (χ1v) is 13.7. The van der Waals surface area contributed by atoms with Crippen LogP contribution in [0.1, 0.15) is 33.3 Å². The van der Waals surface area contributed by atoms with E-state index in [-0.39, 0.29) is 18.1 Å². The molecule has 9 nitrogen and oxygen atoms in total. The van der Waals surface area contributed by atoms with Crippen LogP contribution in [0.15, 0.2) is 42.5 Å². The van der Waals surface area contributed by atoms with Crippen LogP contribution in [0.2, 0.25) is 5.02 Å². The molecule has 0 aliphatic carbocycles. The molecule has 0 radical (unpaired) electrons. The zero-order valence-corrected chi connectivity index (χ0v) is 22.6. The molecule has 1 unspecified atom stereocenters. The van der Waals surface area contributed by atoms with Gasteiger partial charge in [0.05, 0.1) is 11.9 Å². The maximum absolute atomic E-state index is 13.6. The predicted molar refractivity (Wildman–Crippen MR) is 139 cm³/mol. The minimum absolute atomic E-state index is 0.0663. The van der Waals surface area contributed by atoms with Gasteiger partial charge in [-0.2, -0.15) is 0 Å². The lowest BCUT2D eigenvalue weighted by Gasteiger charge is -2.33. The highest BCUT2D eigenvalue weighted by Crippen LogP contribution is 2.34. The highest BCUT2D eigenvalue weighted by Gasteiger charge is 2.32. The highest BCUT2D eigenvalue weighted by atomic mass is 35.5. The summed E-state index contributed by atoms with van der Waals surface area (Å²) in [5.41, 5.74) is 0.446. The fourth-order valence-electron chi connectivity index (χ4n) is 3.69. The number of amides is 2. The number of nitrogens with zero attached hydrogens (tertiary/aromatic N) is 2. The van der Waals surface area contributed by atoms with E-state index in [0.717, 1.165) is 10.6 Å². The number of nitrogens with one attached hydrogen (secondary N) is 1. The van der Waals surface area contributed by atoms with Gasteiger partial charge in [-0.25, -0.2) is 8.42 Å². The van der Waals surface area contributed by atoms with Crippen LogP contribution in [0.25, 0.3) is 0 Å². The molecular formula is C25H32ClN3O6S. The van der Waals surface area contributed by atoms with Crippen molar-refractivity contribution >= 4 is 39.1 Å². The van der Waals surface area contributed by atoms with Gasteiger partial charge in [-0.3, -0.25) is 13.9 Å². The number of hydrogen-bond acceptors (Lipinski definition) is 6. The Kier molecular flexibility index (Phi) is 8.40. The summed E-state index contributed by atoms with van der Waals surface area (Å²) in [6, 6.07) is 10.8. The fourth-order valence-corrected chi connectivity index (χ4v) is 4.74. The van der Waals surface area contributed by atoms with Crippen molar-refractivity contribution in [3.63, 3.8) is 0 Å². The molecule has 0 fully saturated rings. The number of carbonyl (C=O) groups is 2. The first kappa shape index (κ1) is 27.6. The van der Waals surface area contributed by atoms with Crippen molar-refractivity contribution < 1.29 is 27.5 Å². The van der Waals surface area contributed by atoms with E-state index in [2.05, 4.69) is 5.32 Å². The summed E-state index contributed by atoms with van der Waals surface area (Å²) >= 11 is 6.13. The molecular weight excluding hydrogens is 506 g/mol. The van der Waals surface area contributed by atoms with E-state index in [1.54, 1.807) is 43.3 Å². The average Bonchev–Trinajstić information content (AvgIpc) is 2.78. The Bertz CT molecular complexity index is 1230. The number of carbonyl (C=O) groups excluding carboxylic acids is 2. The largest absolute Gasteiger partial charge is 0.486 e. The molecule has 0 saturated carbocycles. The van der Waals surface area contributed by atoms with Crippen LogP contribution in [-0.2, 0) is 26.2 Å². The van der Waals surface area contributed by atoms with Gasteiger partial charge in [-0.1, -0.05) is 23.7 Å². The fraction of sp³-hybridized carbons (Fsp3) is 0.440. The second kappa shape index (κ2) is 11.0. The van der Waals surface area contributed by atoms with E-state index in [4.69, 9.17) is 21.1 Å². The topological polar surface area (TPSA) is 105 Å². The zero-order valence-electron chi connectivity index (χ0n) is 21.1. The maximum Gasteiger partial charge on any atom is 0.244 e. The number of fused-ring (bicyclic) bond motifs is 1. The number of halogens is 1. The summed E-state index contributed by atoms with van der Waals surface area (Å²) in [6.45, 7) is 7.42. The van der Waals surface area contributed by atoms with E-state index in [9.17, 15) is 18.0 Å². The minimum atomic E-state index is -3.86. The summed E-state index contributed by atoms with van der Waals surface area (Å²) in [5.74, 6) is -0.0108. The lowest BCUT2D eigenvalue weighted by atomic mass is 10.1. The van der Waals surface area contributed by atoms with Crippen LogP contribution in [0.3, 0.4) is 0 Å². The monoisotopic (exact) mass is 537 g/mol. The van der Waals surface area contributed by atoms with Crippen molar-refractivity contribution in [3.8, 4) is 11.5 Å². The van der Waals surface area contributed by atoms with Crippen LogP contribution >= 0.6 is 11.6 Å². The van der Waals surface area contributed by atoms with Crippen LogP contribution in [-0.4, -0.2) is 62.7 Å². The van der Waals surface area contributed by atoms with Crippen molar-refractivity contribution in [2.45, 2.75) is 45.8 Å². The normalized spacial score (nSPS) is 14.1. The molecule has 1 aliphatic heterocycles. The van der Waals surface area contributed by atoms with Crippen molar-refractivity contribution in [3.05, 3.63) is 53.1 Å². The SMILES string of the molecule is CC(C(=O)NC(C)(C)C)N(Cc1cccc(Cl)c1)C(=O)CN(c1ccc2c(c1)OCCO2)S(C)(=O)=O. The quantitative estimate of drug-likeness (QED) is 0.554. The van der Waals surface area contributed by atoms with Crippen LogP contribution < -0.4 is 19.1 Å². The molecule has 1 atom stereocenters. The summed E-state index contributed by atoms with van der Waals surface area (Å²) in [7, 11) is -3.86. The summed E-state index contributed by atoms with van der Waals surface area (Å²) in [4.78, 5) is 27.9. The molecule has 0 saturated heterocycles. The van der Waals surface area contributed by atoms with Crippen molar-refractivity contribution in [2.75, 3.05) is 30.3 Å². The number of sulfonamides is 1. The van der Waals surface area contributed by atoms with Crippen LogP contribution in [0.5, 0.6) is 11.5 Å². The van der Waals surface area contributed by atoms with E-state index in [0.29, 0.717) is 35.3 Å². The van der Waals surface area contributed by atoms with Gasteiger partial charge in [0.15, 0.2) is 11.5 Å². The molecule has 1 heterocycles. The molecule has 1 aliphatic rings. The smallest absolute Gasteiger partial charge is 0.244 e. The molecule has 1 N–H and O–H groups in total. The van der Waals surface area contributed by atoms with E-state index >= 15 is 0 Å². The summed E-state index contributed by atoms with van der Waals surface area (Å²) in [5, 5.41) is 3.37. The Labute approximate surface area is 217 Å². The molecule has 36 heavy (non-hydrogen) atoms. The molecule has 0 aromatic heterocycles. The Morgan fingerprint density at radius 3 is 2.36 bits per heavy atom. The molecule has 2 aromatic carbocycles. The molecule has 2 aromatic rings. The number of ether oxygens (including phenoxy) is 2. The second-order valence-corrected chi connectivity index (χ2v) is 12.0. The minimum Gasteiger partial charge on any atom is -0.486 e. The van der Waals surface area contributed by atoms with E-state index in [1.807, 2.05) is 20.8 Å². The van der Waals surface area contributed by atoms with Crippen LogP contribution in [0.4, 0.5) is 5.69 Å². The van der Waals surface area contributed by atoms with E-state index in [1.165, 1.54) is 11.0 Å². The van der Waals surface area contributed by atoms with Crippen LogP contribution in [0, 0.1) is 0 Å². The Hall–Kier alpha value is -2.98. The number of benzene rings is 2. The first-order valence-electron chi connectivity index (χ1n) is 11.5. The van der Waals surface area contributed by atoms with Gasteiger partial charge in [0.1, 0.15) is 25.8 Å². The zero-order chi connectivity index (χ0) is 26.7. The van der Waals surface area contributed by atoms with Gasteiger partial charge in [0.2, 0.25) is 21.8 Å². The first-order chi connectivity index (χ1) is 16.7. The van der Waals surface area contributed by atoms with E-state index < -0.39 is 34.1 Å². The standard InChI is InChI=1S/C25H32ClN3O6S/c1-17(24(31)27-25(2,3)4)28(15-18-7-6-8-19(26)13-18)23(30)16-29(36(5,32)33)20-9-10-21-22(14-20)35-12-11-34-21/h6-10,13-14,17H,11-12,15-16H2,1-5H3,(H,27,31). The predicted octanol–water partition coefficient (Wildman–Crippen LogP) is 3.21. The lowest BCUT2D eigenvalue weighted by Crippen LogP contribution is -2.54. The third-order valence-corrected chi connectivity index (χ3v) is 6.78. The molecule has 196 valence electrons. The van der Waals surface area contributed by atoms with Gasteiger partial charge < -0.3 is 19.7 Å². The Morgan fingerprint density at radius 1 is 1.08 bits per heavy atom. The lowest BCUT2D eigenvalue weighted by molar-refractivity contribution is -0.140. The van der Waals surface area contributed by atoms with Gasteiger partial charge in [-0.05, 0) is 57.5 Å². The highest BCUT2D eigenvalue weighted by molar-refractivity contribution is 7.92. The number of rotatable bonds is 8. The summed E-state index contributed by atoms with van der Waals surface area (Å²) < 4.78 is 37.6. The Morgan fingerprint density at radius 2 is 1.75 bits per heavy atom. The second-order valence-electron chi connectivity index (χ2n) is 9.66. The van der Waals surface area contributed by atoms with Gasteiger partial charge in [-0.15, -0.1) is 0 Å². The maximum atomic E-state index is 13.6. The molecule has 0 spiro atoms. The molecule has 11 heteroatoms. The molecule has 0 bridgehead atoms. The van der Waals surface area contributed by atoms with Crippen molar-refractivity contribution in [2.24, 2.45) is 0 Å². The van der Waals surface area contributed by atoms with Gasteiger partial charge in [0, 0.05) is 23.2 Å². The van der Waals surface area contributed by atoms with Crippen molar-refractivity contribution in [1.29, 1.82) is 0 Å². The Balaban J connectivity index is 1.93. The van der Waals surface area contributed by atoms with Crippen molar-refractivity contribution in [1.82, 2.24) is 10.2 Å². The number of hydrogen-bond donors (Lipinski definition) is 1. The number of anilines is 1.